The van der Waals surface area contributed by atoms with Gasteiger partial charge in [0.25, 0.3) is 0 Å². The molecule has 3 unspecified atom stereocenters. The maximum atomic E-state index is 14.1. The number of amides is 5. The third-order valence-corrected chi connectivity index (χ3v) is 8.98. The van der Waals surface area contributed by atoms with Gasteiger partial charge in [-0.2, -0.15) is 0 Å². The summed E-state index contributed by atoms with van der Waals surface area (Å²) in [7, 11) is 1.22. The molecule has 0 radical (unpaired) electrons. The smallest absolute Gasteiger partial charge is 0.410 e. The van der Waals surface area contributed by atoms with Gasteiger partial charge in [-0.15, -0.1) is 0 Å². The lowest BCUT2D eigenvalue weighted by molar-refractivity contribution is -0.145. The molecule has 14 nitrogen and oxygen atoms in total. The van der Waals surface area contributed by atoms with Crippen molar-refractivity contribution < 1.29 is 43.0 Å². The minimum Gasteiger partial charge on any atom is -0.467 e. The molecular formula is C45H61N5O9. The lowest BCUT2D eigenvalue weighted by Gasteiger charge is -2.28. The van der Waals surface area contributed by atoms with Crippen molar-refractivity contribution in [1.82, 2.24) is 26.2 Å². The van der Waals surface area contributed by atoms with Gasteiger partial charge in [-0.1, -0.05) is 105 Å². The molecule has 4 N–H and O–H groups in total. The average Bonchev–Trinajstić information content (AvgIpc) is 3.20. The fraction of sp³-hybridized carbons (Fsp3) is 0.467. The van der Waals surface area contributed by atoms with E-state index in [-0.39, 0.29) is 44.9 Å². The summed E-state index contributed by atoms with van der Waals surface area (Å²) in [4.78, 5) is 81.0. The van der Waals surface area contributed by atoms with Crippen LogP contribution < -0.4 is 21.3 Å². The van der Waals surface area contributed by atoms with Crippen molar-refractivity contribution in [2.75, 3.05) is 26.7 Å². The second-order valence-corrected chi connectivity index (χ2v) is 15.7. The van der Waals surface area contributed by atoms with E-state index in [9.17, 15) is 28.8 Å². The summed E-state index contributed by atoms with van der Waals surface area (Å²) in [6, 6.07) is 24.7. The highest BCUT2D eigenvalue weighted by molar-refractivity contribution is 5.94. The predicted molar refractivity (Wildman–Crippen MR) is 224 cm³/mol. The highest BCUT2D eigenvalue weighted by Crippen LogP contribution is 2.13. The molecule has 0 aliphatic heterocycles. The zero-order chi connectivity index (χ0) is 43.2. The minimum absolute atomic E-state index is 0.0375. The molecule has 0 fully saturated rings. The number of ether oxygens (including phenoxy) is 3. The number of nitrogens with one attached hydrogen (secondary N) is 4. The topological polar surface area (TPSA) is 181 Å². The number of nitrogens with zero attached hydrogens (tertiary/aromatic N) is 1. The Balaban J connectivity index is 1.67. The molecule has 0 saturated heterocycles. The van der Waals surface area contributed by atoms with Crippen molar-refractivity contribution in [2.45, 2.75) is 103 Å². The predicted octanol–water partition coefficient (Wildman–Crippen LogP) is 5.48. The summed E-state index contributed by atoms with van der Waals surface area (Å²) < 4.78 is 15.8. The number of rotatable bonds is 22. The number of hydrogen-bond donors (Lipinski definition) is 4. The molecule has 3 aromatic carbocycles. The molecular weight excluding hydrogens is 755 g/mol. The van der Waals surface area contributed by atoms with Crippen LogP contribution in [0.1, 0.15) is 77.0 Å². The van der Waals surface area contributed by atoms with Gasteiger partial charge in [0.05, 0.1) is 7.11 Å². The molecule has 14 heteroatoms. The largest absolute Gasteiger partial charge is 0.467 e. The molecule has 0 saturated carbocycles. The third-order valence-electron chi connectivity index (χ3n) is 8.98. The number of hydrogen-bond acceptors (Lipinski definition) is 9. The van der Waals surface area contributed by atoms with Gasteiger partial charge in [-0.05, 0) is 75.5 Å². The van der Waals surface area contributed by atoms with E-state index in [1.54, 1.807) is 20.8 Å². The van der Waals surface area contributed by atoms with Crippen molar-refractivity contribution in [3.05, 3.63) is 108 Å². The summed E-state index contributed by atoms with van der Waals surface area (Å²) in [6.07, 6.45) is 0.740. The molecule has 320 valence electrons. The molecule has 0 aliphatic rings. The summed E-state index contributed by atoms with van der Waals surface area (Å²) in [5.41, 5.74) is 1.79. The monoisotopic (exact) mass is 815 g/mol. The second-order valence-electron chi connectivity index (χ2n) is 15.7. The van der Waals surface area contributed by atoms with Crippen molar-refractivity contribution >= 4 is 35.9 Å². The lowest BCUT2D eigenvalue weighted by atomic mass is 10.00. The molecule has 3 atom stereocenters. The first-order valence-corrected chi connectivity index (χ1v) is 20.1. The summed E-state index contributed by atoms with van der Waals surface area (Å²) in [6.45, 7) is 9.26. The molecule has 3 aromatic rings. The van der Waals surface area contributed by atoms with Crippen LogP contribution in [-0.4, -0.2) is 91.2 Å². The normalized spacial score (nSPS) is 12.6. The summed E-state index contributed by atoms with van der Waals surface area (Å²) >= 11 is 0. The molecule has 0 spiro atoms. The van der Waals surface area contributed by atoms with Gasteiger partial charge < -0.3 is 35.5 Å². The molecule has 3 rings (SSSR count). The SMILES string of the molecule is COC(=O)C(CCCCNC(=O)OCc1ccccc1)NC(=O)C(CC(C)C)NC(=O)C(Cc1ccccc1)NC(=O)CN(CCc1ccccc1)C(=O)OC(C)(C)C. The van der Waals surface area contributed by atoms with E-state index in [2.05, 4.69) is 21.3 Å². The first-order valence-electron chi connectivity index (χ1n) is 20.1. The average molecular weight is 816 g/mol. The Bertz CT molecular complexity index is 1770. The van der Waals surface area contributed by atoms with Crippen LogP contribution in [0, 0.1) is 5.92 Å². The Labute approximate surface area is 348 Å². The van der Waals surface area contributed by atoms with Crippen LogP contribution in [-0.2, 0) is 52.8 Å². The number of methoxy groups -OCH3 is 1. The molecule has 0 aromatic heterocycles. The summed E-state index contributed by atoms with van der Waals surface area (Å²) in [5.74, 6) is -2.49. The Kier molecular flexibility index (Phi) is 19.9. The van der Waals surface area contributed by atoms with E-state index in [1.807, 2.05) is 105 Å². The van der Waals surface area contributed by atoms with E-state index in [1.165, 1.54) is 12.0 Å². The molecule has 59 heavy (non-hydrogen) atoms. The Morgan fingerprint density at radius 1 is 0.695 bits per heavy atom. The number of carbonyl (C=O) groups excluding carboxylic acids is 6. The van der Waals surface area contributed by atoms with E-state index < -0.39 is 59.6 Å². The number of esters is 1. The van der Waals surface area contributed by atoms with E-state index in [4.69, 9.17) is 14.2 Å². The third kappa shape index (κ3) is 18.9. The van der Waals surface area contributed by atoms with Crippen LogP contribution in [0.25, 0.3) is 0 Å². The number of carbonyl (C=O) groups is 6. The molecule has 0 heterocycles. The van der Waals surface area contributed by atoms with Gasteiger partial charge in [-0.25, -0.2) is 14.4 Å². The molecule has 0 bridgehead atoms. The van der Waals surface area contributed by atoms with E-state index in [0.29, 0.717) is 25.8 Å². The van der Waals surface area contributed by atoms with Gasteiger partial charge in [0.2, 0.25) is 17.7 Å². The minimum atomic E-state index is -1.12. The highest BCUT2D eigenvalue weighted by Gasteiger charge is 2.32. The van der Waals surface area contributed by atoms with Crippen molar-refractivity contribution in [3.63, 3.8) is 0 Å². The fourth-order valence-corrected chi connectivity index (χ4v) is 6.02. The quantitative estimate of drug-likeness (QED) is 0.0580. The van der Waals surface area contributed by atoms with Crippen LogP contribution in [0.5, 0.6) is 0 Å². The lowest BCUT2D eigenvalue weighted by Crippen LogP contribution is -2.57. The Morgan fingerprint density at radius 3 is 1.83 bits per heavy atom. The van der Waals surface area contributed by atoms with E-state index >= 15 is 0 Å². The first-order chi connectivity index (χ1) is 28.1. The number of unbranched alkanes of at least 4 members (excludes halogenated alkanes) is 1. The maximum absolute atomic E-state index is 14.1. The fourth-order valence-electron chi connectivity index (χ4n) is 6.02. The van der Waals surface area contributed by atoms with Crippen LogP contribution >= 0.6 is 0 Å². The van der Waals surface area contributed by atoms with Crippen molar-refractivity contribution in [3.8, 4) is 0 Å². The van der Waals surface area contributed by atoms with Crippen LogP contribution in [0.4, 0.5) is 9.59 Å². The number of benzene rings is 3. The van der Waals surface area contributed by atoms with Crippen molar-refractivity contribution in [1.29, 1.82) is 0 Å². The highest BCUT2D eigenvalue weighted by atomic mass is 16.6. The first kappa shape index (κ1) is 47.5. The van der Waals surface area contributed by atoms with Crippen molar-refractivity contribution in [2.24, 2.45) is 5.92 Å². The zero-order valence-electron chi connectivity index (χ0n) is 35.2. The van der Waals surface area contributed by atoms with Gasteiger partial charge in [0.1, 0.15) is 36.9 Å². The second kappa shape index (κ2) is 24.8. The Hall–Kier alpha value is -5.92. The van der Waals surface area contributed by atoms with Gasteiger partial charge in [-0.3, -0.25) is 19.3 Å². The van der Waals surface area contributed by atoms with Crippen LogP contribution in [0.15, 0.2) is 91.0 Å². The molecule has 0 aliphatic carbocycles. The zero-order valence-corrected chi connectivity index (χ0v) is 35.2. The standard InChI is InChI=1S/C45H61N5O9/c1-32(2)28-37(40(52)48-36(42(54)57-6)24-16-17-26-46-43(55)58-31-35-22-14-9-15-23-35)49-41(53)38(29-34-20-12-8-13-21-34)47-39(51)30-50(44(56)59-45(3,4)5)27-25-33-18-10-7-11-19-33/h7-15,18-23,32,36-38H,16-17,24-31H2,1-6H3,(H,46,55)(H,47,51)(H,48,52)(H,49,53). The van der Waals surface area contributed by atoms with Gasteiger partial charge >= 0.3 is 18.2 Å². The summed E-state index contributed by atoms with van der Waals surface area (Å²) in [5, 5.41) is 11.0. The van der Waals surface area contributed by atoms with E-state index in [0.717, 1.165) is 16.7 Å². The maximum Gasteiger partial charge on any atom is 0.410 e. The van der Waals surface area contributed by atoms with Crippen LogP contribution in [0.3, 0.4) is 0 Å². The van der Waals surface area contributed by atoms with Crippen LogP contribution in [0.2, 0.25) is 0 Å². The molecule has 5 amide bonds. The number of alkyl carbamates (subject to hydrolysis) is 1. The van der Waals surface area contributed by atoms with Gasteiger partial charge in [0, 0.05) is 19.5 Å². The Morgan fingerprint density at radius 2 is 1.25 bits per heavy atom. The van der Waals surface area contributed by atoms with Gasteiger partial charge in [0.15, 0.2) is 0 Å².